The summed E-state index contributed by atoms with van der Waals surface area (Å²) in [5.74, 6) is -4.44. The molecule has 28 heavy (non-hydrogen) atoms. The van der Waals surface area contributed by atoms with E-state index in [1.807, 2.05) is 0 Å². The number of aliphatic hydroxyl groups is 4. The monoisotopic (exact) mass is 402 g/mol. The van der Waals surface area contributed by atoms with Crippen molar-refractivity contribution in [2.75, 3.05) is 13.7 Å². The van der Waals surface area contributed by atoms with E-state index in [0.29, 0.717) is 0 Å². The van der Waals surface area contributed by atoms with Gasteiger partial charge in [-0.15, -0.1) is 0 Å². The lowest BCUT2D eigenvalue weighted by atomic mass is 9.81. The molecular formula is C17H22O11. The molecule has 3 aliphatic rings. The topological polar surface area (TPSA) is 172 Å². The number of rotatable bonds is 5. The molecule has 0 bridgehead atoms. The van der Waals surface area contributed by atoms with Crippen LogP contribution < -0.4 is 0 Å². The first-order valence-corrected chi connectivity index (χ1v) is 8.61. The Kier molecular flexibility index (Phi) is 6.03. The van der Waals surface area contributed by atoms with E-state index in [4.69, 9.17) is 14.2 Å². The minimum atomic E-state index is -1.68. The highest BCUT2D eigenvalue weighted by Crippen LogP contribution is 2.43. The lowest BCUT2D eigenvalue weighted by Crippen LogP contribution is -2.60. The van der Waals surface area contributed by atoms with E-state index in [1.165, 1.54) is 13.2 Å². The van der Waals surface area contributed by atoms with E-state index in [9.17, 15) is 35.1 Å². The molecule has 2 heterocycles. The lowest BCUT2D eigenvalue weighted by molar-refractivity contribution is -0.342. The molecule has 3 rings (SSSR count). The maximum atomic E-state index is 11.9. The molecule has 0 unspecified atom stereocenters. The van der Waals surface area contributed by atoms with Crippen LogP contribution in [0.25, 0.3) is 0 Å². The number of hydrogen-bond donors (Lipinski definition) is 5. The van der Waals surface area contributed by atoms with Gasteiger partial charge < -0.3 is 44.5 Å². The van der Waals surface area contributed by atoms with Crippen LogP contribution in [0.5, 0.6) is 0 Å². The molecule has 156 valence electrons. The molecule has 0 aromatic rings. The fourth-order valence-corrected chi connectivity index (χ4v) is 3.66. The second-order valence-corrected chi connectivity index (χ2v) is 6.75. The summed E-state index contributed by atoms with van der Waals surface area (Å²) in [5, 5.41) is 48.6. The fraction of sp³-hybridized carbons (Fsp3) is 0.647. The highest BCUT2D eigenvalue weighted by atomic mass is 16.8. The number of esters is 1. The first kappa shape index (κ1) is 20.7. The lowest BCUT2D eigenvalue weighted by Gasteiger charge is -2.43. The Morgan fingerprint density at radius 2 is 1.82 bits per heavy atom. The van der Waals surface area contributed by atoms with Crippen LogP contribution >= 0.6 is 0 Å². The summed E-state index contributed by atoms with van der Waals surface area (Å²) >= 11 is 0. The molecular weight excluding hydrogens is 380 g/mol. The summed E-state index contributed by atoms with van der Waals surface area (Å²) in [6.07, 6.45) is -4.81. The summed E-state index contributed by atoms with van der Waals surface area (Å²) in [5.41, 5.74) is 0.112. The molecule has 5 N–H and O–H groups in total. The van der Waals surface area contributed by atoms with Gasteiger partial charge in [0.2, 0.25) is 6.29 Å². The molecule has 0 aromatic carbocycles. The smallest absolute Gasteiger partial charge is 0.337 e. The standard InChI is InChI=1S/C17H22O11/c1-25-15(24)8-5-26-16(10-6(8)2-3-7(10)14(22)23)28-17-13(21)12(20)11(19)9(4-18)27-17/h2-3,5-7,9-13,16-21H,4H2,1H3,(H,22,23)/t6-,7-,9+,10+,11+,12-,13+,16-,17+/m1/s1. The van der Waals surface area contributed by atoms with Gasteiger partial charge in [0.25, 0.3) is 0 Å². The quantitative estimate of drug-likeness (QED) is 0.248. The number of carboxylic acids is 1. The largest absolute Gasteiger partial charge is 0.481 e. The molecule has 1 fully saturated rings. The number of ether oxygens (including phenoxy) is 4. The predicted molar refractivity (Wildman–Crippen MR) is 87.1 cm³/mol. The molecule has 0 saturated carbocycles. The van der Waals surface area contributed by atoms with Gasteiger partial charge in [-0.3, -0.25) is 4.79 Å². The molecule has 0 radical (unpaired) electrons. The normalized spacial score (nSPS) is 42.3. The Hall–Kier alpha value is -2.02. The third-order valence-corrected chi connectivity index (χ3v) is 5.18. The van der Waals surface area contributed by atoms with Gasteiger partial charge in [-0.1, -0.05) is 12.2 Å². The van der Waals surface area contributed by atoms with E-state index < -0.39 is 73.3 Å². The van der Waals surface area contributed by atoms with Crippen LogP contribution in [0, 0.1) is 17.8 Å². The van der Waals surface area contributed by atoms with E-state index in [2.05, 4.69) is 4.74 Å². The average molecular weight is 402 g/mol. The Morgan fingerprint density at radius 1 is 1.11 bits per heavy atom. The maximum absolute atomic E-state index is 11.9. The van der Waals surface area contributed by atoms with Crippen molar-refractivity contribution in [3.63, 3.8) is 0 Å². The van der Waals surface area contributed by atoms with Crippen LogP contribution in [-0.2, 0) is 28.5 Å². The zero-order chi connectivity index (χ0) is 20.6. The number of fused-ring (bicyclic) bond motifs is 1. The molecule has 11 nitrogen and oxygen atoms in total. The van der Waals surface area contributed by atoms with Crippen LogP contribution in [0.2, 0.25) is 0 Å². The van der Waals surface area contributed by atoms with Gasteiger partial charge in [0, 0.05) is 11.8 Å². The first-order chi connectivity index (χ1) is 13.3. The Bertz CT molecular complexity index is 672. The van der Waals surface area contributed by atoms with Crippen molar-refractivity contribution in [3.8, 4) is 0 Å². The first-order valence-electron chi connectivity index (χ1n) is 8.61. The Balaban J connectivity index is 1.84. The third-order valence-electron chi connectivity index (χ3n) is 5.18. The SMILES string of the molecule is COC(=O)C1=CO[C@H](O[C@@H]2O[C@@H](CO)[C@H](O)[C@@H](O)[C@@H]2O)[C@H]2[C@@H]1C=C[C@H]2C(=O)O. The van der Waals surface area contributed by atoms with Crippen molar-refractivity contribution in [2.24, 2.45) is 17.8 Å². The minimum absolute atomic E-state index is 0.112. The van der Waals surface area contributed by atoms with E-state index in [-0.39, 0.29) is 5.57 Å². The van der Waals surface area contributed by atoms with Crippen molar-refractivity contribution in [1.29, 1.82) is 0 Å². The molecule has 1 aliphatic carbocycles. The molecule has 11 heteroatoms. The van der Waals surface area contributed by atoms with E-state index in [0.717, 1.165) is 6.26 Å². The highest BCUT2D eigenvalue weighted by molar-refractivity contribution is 5.90. The number of hydrogen-bond acceptors (Lipinski definition) is 10. The van der Waals surface area contributed by atoms with Gasteiger partial charge in [-0.25, -0.2) is 4.79 Å². The molecule has 1 saturated heterocycles. The van der Waals surface area contributed by atoms with Crippen molar-refractivity contribution >= 4 is 11.9 Å². The zero-order valence-electron chi connectivity index (χ0n) is 14.8. The second-order valence-electron chi connectivity index (χ2n) is 6.75. The summed E-state index contributed by atoms with van der Waals surface area (Å²) in [6, 6.07) is 0. The van der Waals surface area contributed by atoms with Crippen LogP contribution in [0.4, 0.5) is 0 Å². The summed E-state index contributed by atoms with van der Waals surface area (Å²) < 4.78 is 20.9. The van der Waals surface area contributed by atoms with Gasteiger partial charge in [0.05, 0.1) is 31.5 Å². The molecule has 2 aliphatic heterocycles. The van der Waals surface area contributed by atoms with Crippen molar-refractivity contribution in [1.82, 2.24) is 0 Å². The number of carbonyl (C=O) groups excluding carboxylic acids is 1. The maximum Gasteiger partial charge on any atom is 0.337 e. The second kappa shape index (κ2) is 8.15. The minimum Gasteiger partial charge on any atom is -0.481 e. The molecule has 0 aromatic heterocycles. The average Bonchev–Trinajstić information content (AvgIpc) is 3.13. The van der Waals surface area contributed by atoms with Gasteiger partial charge in [0.1, 0.15) is 24.4 Å². The number of aliphatic carboxylic acids is 1. The number of methoxy groups -OCH3 is 1. The third kappa shape index (κ3) is 3.52. The van der Waals surface area contributed by atoms with Crippen LogP contribution in [0.3, 0.4) is 0 Å². The van der Waals surface area contributed by atoms with E-state index in [1.54, 1.807) is 6.08 Å². The molecule has 0 spiro atoms. The van der Waals surface area contributed by atoms with Gasteiger partial charge in [-0.05, 0) is 0 Å². The van der Waals surface area contributed by atoms with Gasteiger partial charge >= 0.3 is 11.9 Å². The summed E-state index contributed by atoms with van der Waals surface area (Å²) in [4.78, 5) is 23.6. The summed E-state index contributed by atoms with van der Waals surface area (Å²) in [7, 11) is 1.18. The number of aliphatic hydroxyl groups excluding tert-OH is 4. The number of carbonyl (C=O) groups is 2. The van der Waals surface area contributed by atoms with Gasteiger partial charge in [-0.2, -0.15) is 0 Å². The van der Waals surface area contributed by atoms with Crippen LogP contribution in [-0.4, -0.2) is 88.2 Å². The number of carboxylic acid groups (broad SMARTS) is 1. The molecule has 0 amide bonds. The fourth-order valence-electron chi connectivity index (χ4n) is 3.66. The summed E-state index contributed by atoms with van der Waals surface area (Å²) in [6.45, 7) is -0.645. The molecule has 9 atom stereocenters. The van der Waals surface area contributed by atoms with Crippen molar-refractivity contribution < 1.29 is 54.1 Å². The van der Waals surface area contributed by atoms with Crippen molar-refractivity contribution in [2.45, 2.75) is 37.0 Å². The van der Waals surface area contributed by atoms with Gasteiger partial charge in [0.15, 0.2) is 6.29 Å². The predicted octanol–water partition coefficient (Wildman–Crippen LogP) is -2.28. The van der Waals surface area contributed by atoms with Crippen LogP contribution in [0.1, 0.15) is 0 Å². The highest BCUT2D eigenvalue weighted by Gasteiger charge is 2.51. The van der Waals surface area contributed by atoms with Crippen LogP contribution in [0.15, 0.2) is 24.0 Å². The Morgan fingerprint density at radius 3 is 2.43 bits per heavy atom. The van der Waals surface area contributed by atoms with Crippen molar-refractivity contribution in [3.05, 3.63) is 24.0 Å². The Labute approximate surface area is 159 Å². The van der Waals surface area contributed by atoms with E-state index >= 15 is 0 Å². The zero-order valence-corrected chi connectivity index (χ0v) is 14.8. The number of allylic oxidation sites excluding steroid dienone is 1.